The molecule has 0 aliphatic carbocycles. The van der Waals surface area contributed by atoms with Crippen LogP contribution in [0.5, 0.6) is 0 Å². The van der Waals surface area contributed by atoms with Gasteiger partial charge in [-0.25, -0.2) is 9.97 Å². The molecule has 0 bridgehead atoms. The number of ketones is 1. The van der Waals surface area contributed by atoms with E-state index in [1.54, 1.807) is 6.92 Å². The van der Waals surface area contributed by atoms with Crippen LogP contribution in [0.1, 0.15) is 12.6 Å². The summed E-state index contributed by atoms with van der Waals surface area (Å²) in [6.07, 6.45) is 1.88. The number of para-hydroxylation sites is 1. The van der Waals surface area contributed by atoms with Gasteiger partial charge in [0.1, 0.15) is 12.1 Å². The van der Waals surface area contributed by atoms with Crippen molar-refractivity contribution in [3.05, 3.63) is 36.3 Å². The van der Waals surface area contributed by atoms with Gasteiger partial charge in [-0.1, -0.05) is 18.2 Å². The number of aromatic nitrogens is 2. The summed E-state index contributed by atoms with van der Waals surface area (Å²) in [6.45, 7) is 1.57. The molecule has 1 aromatic heterocycles. The Bertz CT molecular complexity index is 474. The van der Waals surface area contributed by atoms with Crippen molar-refractivity contribution in [1.29, 1.82) is 0 Å². The largest absolute Gasteiger partial charge is 0.300 e. The molecule has 1 heterocycles. The highest BCUT2D eigenvalue weighted by Gasteiger charge is 2.04. The molecule has 3 nitrogen and oxygen atoms in total. The van der Waals surface area contributed by atoms with Gasteiger partial charge in [0.2, 0.25) is 0 Å². The average Bonchev–Trinajstić information content (AvgIpc) is 2.18. The van der Waals surface area contributed by atoms with E-state index in [-0.39, 0.29) is 5.78 Å². The number of carbonyl (C=O) groups is 1. The highest BCUT2D eigenvalue weighted by atomic mass is 16.1. The first-order chi connectivity index (χ1) is 6.77. The number of hydrogen-bond acceptors (Lipinski definition) is 3. The molecule has 0 saturated carbocycles. The zero-order valence-corrected chi connectivity index (χ0v) is 7.90. The van der Waals surface area contributed by atoms with Crippen molar-refractivity contribution in [2.75, 3.05) is 0 Å². The van der Waals surface area contributed by atoms with Gasteiger partial charge in [-0.3, -0.25) is 4.79 Å². The van der Waals surface area contributed by atoms with Gasteiger partial charge in [-0.15, -0.1) is 0 Å². The zero-order valence-electron chi connectivity index (χ0n) is 7.90. The molecule has 0 atom stereocenters. The van der Waals surface area contributed by atoms with Crippen LogP contribution in [0.15, 0.2) is 30.6 Å². The van der Waals surface area contributed by atoms with Crippen LogP contribution in [0.3, 0.4) is 0 Å². The fourth-order valence-corrected chi connectivity index (χ4v) is 1.44. The van der Waals surface area contributed by atoms with Crippen LogP contribution in [0.4, 0.5) is 0 Å². The van der Waals surface area contributed by atoms with Gasteiger partial charge in [0.05, 0.1) is 11.2 Å². The van der Waals surface area contributed by atoms with Gasteiger partial charge in [-0.2, -0.15) is 0 Å². The molecule has 0 saturated heterocycles. The number of nitrogens with zero attached hydrogens (tertiary/aromatic N) is 2. The summed E-state index contributed by atoms with van der Waals surface area (Å²) < 4.78 is 0. The number of hydrogen-bond donors (Lipinski definition) is 0. The highest BCUT2D eigenvalue weighted by molar-refractivity contribution is 5.86. The predicted octanol–water partition coefficient (Wildman–Crippen LogP) is 1.76. The standard InChI is InChI=1S/C11H10N2O/c1-8(14)6-11-9-4-2-3-5-10(9)12-7-13-11/h2-5,7H,6H2,1H3. The van der Waals surface area contributed by atoms with Gasteiger partial charge in [0, 0.05) is 11.8 Å². The van der Waals surface area contributed by atoms with Crippen molar-refractivity contribution in [2.24, 2.45) is 0 Å². The molecule has 2 rings (SSSR count). The van der Waals surface area contributed by atoms with E-state index < -0.39 is 0 Å². The summed E-state index contributed by atoms with van der Waals surface area (Å²) in [7, 11) is 0. The third-order valence-corrected chi connectivity index (χ3v) is 2.04. The smallest absolute Gasteiger partial charge is 0.135 e. The van der Waals surface area contributed by atoms with Crippen molar-refractivity contribution in [3.63, 3.8) is 0 Å². The topological polar surface area (TPSA) is 42.9 Å². The number of fused-ring (bicyclic) bond motifs is 1. The highest BCUT2D eigenvalue weighted by Crippen LogP contribution is 2.14. The maximum atomic E-state index is 11.0. The molecule has 0 aliphatic heterocycles. The Morgan fingerprint density at radius 3 is 2.86 bits per heavy atom. The maximum absolute atomic E-state index is 11.0. The third kappa shape index (κ3) is 1.62. The second kappa shape index (κ2) is 3.54. The van der Waals surface area contributed by atoms with Gasteiger partial charge >= 0.3 is 0 Å². The van der Waals surface area contributed by atoms with E-state index in [4.69, 9.17) is 0 Å². The van der Waals surface area contributed by atoms with E-state index >= 15 is 0 Å². The van der Waals surface area contributed by atoms with Crippen LogP contribution in [-0.2, 0) is 11.2 Å². The van der Waals surface area contributed by atoms with Crippen molar-refractivity contribution < 1.29 is 4.79 Å². The second-order valence-electron chi connectivity index (χ2n) is 3.22. The van der Waals surface area contributed by atoms with Gasteiger partial charge < -0.3 is 0 Å². The van der Waals surface area contributed by atoms with Gasteiger partial charge in [0.15, 0.2) is 0 Å². The minimum atomic E-state index is 0.119. The molecule has 0 fully saturated rings. The summed E-state index contributed by atoms with van der Waals surface area (Å²) in [5.41, 5.74) is 1.70. The number of rotatable bonds is 2. The van der Waals surface area contributed by atoms with Crippen LogP contribution >= 0.6 is 0 Å². The van der Waals surface area contributed by atoms with Crippen LogP contribution < -0.4 is 0 Å². The lowest BCUT2D eigenvalue weighted by atomic mass is 10.1. The van der Waals surface area contributed by atoms with E-state index in [1.165, 1.54) is 6.33 Å². The van der Waals surface area contributed by atoms with Crippen molar-refractivity contribution in [1.82, 2.24) is 9.97 Å². The Hall–Kier alpha value is -1.77. The Labute approximate surface area is 81.8 Å². The molecular formula is C11H10N2O. The number of Topliss-reactive ketones (excluding diaryl/α,β-unsaturated/α-hetero) is 1. The molecule has 70 valence electrons. The third-order valence-electron chi connectivity index (χ3n) is 2.04. The molecule has 0 aliphatic rings. The van der Waals surface area contributed by atoms with E-state index in [1.807, 2.05) is 24.3 Å². The van der Waals surface area contributed by atoms with Gasteiger partial charge in [0.25, 0.3) is 0 Å². The SMILES string of the molecule is CC(=O)Cc1ncnc2ccccc12. The number of benzene rings is 1. The Morgan fingerprint density at radius 1 is 1.29 bits per heavy atom. The Kier molecular flexibility index (Phi) is 2.23. The van der Waals surface area contributed by atoms with Crippen molar-refractivity contribution in [3.8, 4) is 0 Å². The van der Waals surface area contributed by atoms with Crippen LogP contribution in [0.2, 0.25) is 0 Å². The van der Waals surface area contributed by atoms with E-state index in [9.17, 15) is 4.79 Å². The van der Waals surface area contributed by atoms with Crippen LogP contribution in [0.25, 0.3) is 10.9 Å². The monoisotopic (exact) mass is 186 g/mol. The summed E-state index contributed by atoms with van der Waals surface area (Å²) in [5, 5.41) is 0.963. The lowest BCUT2D eigenvalue weighted by Gasteiger charge is -2.01. The molecule has 2 aromatic rings. The molecule has 0 spiro atoms. The van der Waals surface area contributed by atoms with E-state index in [2.05, 4.69) is 9.97 Å². The molecule has 14 heavy (non-hydrogen) atoms. The molecule has 1 aromatic carbocycles. The van der Waals surface area contributed by atoms with Crippen molar-refractivity contribution in [2.45, 2.75) is 13.3 Å². The average molecular weight is 186 g/mol. The molecule has 0 radical (unpaired) electrons. The summed E-state index contributed by atoms with van der Waals surface area (Å²) in [5.74, 6) is 0.119. The van der Waals surface area contributed by atoms with Crippen LogP contribution in [0, 0.1) is 0 Å². The maximum Gasteiger partial charge on any atom is 0.135 e. The summed E-state index contributed by atoms with van der Waals surface area (Å²) in [6, 6.07) is 7.70. The fraction of sp³-hybridized carbons (Fsp3) is 0.182. The van der Waals surface area contributed by atoms with E-state index in [0.717, 1.165) is 16.6 Å². The molecular weight excluding hydrogens is 176 g/mol. The lowest BCUT2D eigenvalue weighted by Crippen LogP contribution is -2.00. The normalized spacial score (nSPS) is 10.4. The van der Waals surface area contributed by atoms with Crippen molar-refractivity contribution >= 4 is 16.7 Å². The second-order valence-corrected chi connectivity index (χ2v) is 3.22. The Morgan fingerprint density at radius 2 is 2.07 bits per heavy atom. The fourth-order valence-electron chi connectivity index (χ4n) is 1.44. The molecule has 0 amide bonds. The first-order valence-corrected chi connectivity index (χ1v) is 4.45. The minimum Gasteiger partial charge on any atom is -0.300 e. The Balaban J connectivity index is 2.59. The molecule has 3 heteroatoms. The van der Waals surface area contributed by atoms with Crippen LogP contribution in [-0.4, -0.2) is 15.8 Å². The first kappa shape index (κ1) is 8.81. The van der Waals surface area contributed by atoms with Gasteiger partial charge in [-0.05, 0) is 13.0 Å². The first-order valence-electron chi connectivity index (χ1n) is 4.45. The quantitative estimate of drug-likeness (QED) is 0.717. The molecule has 0 unspecified atom stereocenters. The zero-order chi connectivity index (χ0) is 9.97. The predicted molar refractivity (Wildman–Crippen MR) is 53.9 cm³/mol. The summed E-state index contributed by atoms with van der Waals surface area (Å²) >= 11 is 0. The summed E-state index contributed by atoms with van der Waals surface area (Å²) in [4.78, 5) is 19.2. The van der Waals surface area contributed by atoms with E-state index in [0.29, 0.717) is 6.42 Å². The molecule has 0 N–H and O–H groups in total. The minimum absolute atomic E-state index is 0.119. The lowest BCUT2D eigenvalue weighted by molar-refractivity contribution is -0.116. The number of carbonyl (C=O) groups excluding carboxylic acids is 1.